The van der Waals surface area contributed by atoms with Crippen LogP contribution in [0.4, 0.5) is 5.69 Å². The fraction of sp³-hybridized carbons (Fsp3) is 0.375. The maximum absolute atomic E-state index is 13.5. The van der Waals surface area contributed by atoms with Gasteiger partial charge in [0.15, 0.2) is 5.69 Å². The number of amides is 1. The summed E-state index contributed by atoms with van der Waals surface area (Å²) >= 11 is 0. The molecule has 0 bridgehead atoms. The first-order valence-corrected chi connectivity index (χ1v) is 13.3. The number of hydrogen-bond donors (Lipinski definition) is 2. The van der Waals surface area contributed by atoms with Gasteiger partial charge in [-0.15, -0.1) is 0 Å². The number of carbonyl (C=O) groups excluding carboxylic acids is 1. The van der Waals surface area contributed by atoms with Crippen LogP contribution in [-0.2, 0) is 17.8 Å². The van der Waals surface area contributed by atoms with Gasteiger partial charge in [-0.25, -0.2) is 4.85 Å². The van der Waals surface area contributed by atoms with Crippen molar-refractivity contribution in [3.63, 3.8) is 0 Å². The average Bonchev–Trinajstić information content (AvgIpc) is 2.96. The van der Waals surface area contributed by atoms with Crippen LogP contribution in [0.15, 0.2) is 72.8 Å². The monoisotopic (exact) mass is 513 g/mol. The van der Waals surface area contributed by atoms with Crippen molar-refractivity contribution in [2.45, 2.75) is 51.7 Å². The molecule has 6 nitrogen and oxygen atoms in total. The van der Waals surface area contributed by atoms with E-state index in [0.29, 0.717) is 30.8 Å². The molecule has 0 heterocycles. The molecule has 0 saturated heterocycles. The second-order valence-corrected chi connectivity index (χ2v) is 9.84. The molecule has 0 radical (unpaired) electrons. The number of hydrogen-bond acceptors (Lipinski definition) is 4. The lowest BCUT2D eigenvalue weighted by atomic mass is 9.94. The average molecular weight is 514 g/mol. The third kappa shape index (κ3) is 8.00. The van der Waals surface area contributed by atoms with E-state index in [9.17, 15) is 9.90 Å². The fourth-order valence-electron chi connectivity index (χ4n) is 4.51. The highest BCUT2D eigenvalue weighted by Gasteiger charge is 2.25. The van der Waals surface area contributed by atoms with Gasteiger partial charge in [0, 0.05) is 18.7 Å². The highest BCUT2D eigenvalue weighted by atomic mass is 16.5. The molecule has 0 aliphatic rings. The highest BCUT2D eigenvalue weighted by Crippen LogP contribution is 2.32. The molecule has 3 aromatic rings. The quantitative estimate of drug-likeness (QED) is 0.259. The summed E-state index contributed by atoms with van der Waals surface area (Å²) in [6.07, 6.45) is 3.08. The molecular weight excluding hydrogens is 474 g/mol. The second kappa shape index (κ2) is 14.4. The molecule has 1 atom stereocenters. The van der Waals surface area contributed by atoms with E-state index in [0.717, 1.165) is 41.5 Å². The zero-order valence-corrected chi connectivity index (χ0v) is 22.5. The van der Waals surface area contributed by atoms with Crippen LogP contribution in [0.25, 0.3) is 16.0 Å². The van der Waals surface area contributed by atoms with E-state index in [1.807, 2.05) is 71.6 Å². The van der Waals surface area contributed by atoms with Crippen molar-refractivity contribution in [3.05, 3.63) is 101 Å². The van der Waals surface area contributed by atoms with E-state index in [-0.39, 0.29) is 25.7 Å². The van der Waals surface area contributed by atoms with Crippen molar-refractivity contribution in [2.75, 3.05) is 26.3 Å². The van der Waals surface area contributed by atoms with Gasteiger partial charge in [-0.05, 0) is 60.1 Å². The molecule has 0 aromatic heterocycles. The molecule has 1 unspecified atom stereocenters. The van der Waals surface area contributed by atoms with Gasteiger partial charge in [-0.3, -0.25) is 4.79 Å². The van der Waals surface area contributed by atoms with Crippen molar-refractivity contribution < 1.29 is 14.6 Å². The van der Waals surface area contributed by atoms with Gasteiger partial charge >= 0.3 is 0 Å². The Morgan fingerprint density at radius 3 is 2.34 bits per heavy atom. The number of aryl methyl sites for hydroxylation is 1. The summed E-state index contributed by atoms with van der Waals surface area (Å²) in [6.45, 7) is 13.3. The third-order valence-corrected chi connectivity index (χ3v) is 6.58. The number of aliphatic hydroxyl groups is 1. The molecule has 0 fully saturated rings. The zero-order chi connectivity index (χ0) is 27.4. The first-order valence-electron chi connectivity index (χ1n) is 13.3. The smallest absolute Gasteiger partial charge is 0.253 e. The summed E-state index contributed by atoms with van der Waals surface area (Å²) in [4.78, 5) is 19.0. The summed E-state index contributed by atoms with van der Waals surface area (Å²) in [5.74, 6) is -0.0246. The van der Waals surface area contributed by atoms with Gasteiger partial charge in [0.05, 0.1) is 31.9 Å². The predicted molar refractivity (Wildman–Crippen MR) is 153 cm³/mol. The number of rotatable bonds is 14. The summed E-state index contributed by atoms with van der Waals surface area (Å²) in [5.41, 5.74) is 10.3. The van der Waals surface area contributed by atoms with E-state index in [4.69, 9.17) is 17.0 Å². The van der Waals surface area contributed by atoms with Gasteiger partial charge < -0.3 is 20.5 Å². The minimum Gasteiger partial charge on any atom is -0.394 e. The number of nitrogens with two attached hydrogens (primary N) is 1. The Morgan fingerprint density at radius 2 is 1.68 bits per heavy atom. The maximum atomic E-state index is 13.5. The Labute approximate surface area is 226 Å². The van der Waals surface area contributed by atoms with Crippen LogP contribution >= 0.6 is 0 Å². The first kappa shape index (κ1) is 29.1. The van der Waals surface area contributed by atoms with E-state index in [1.165, 1.54) is 0 Å². The number of carbonyl (C=O) groups is 1. The number of para-hydroxylation sites is 1. The van der Waals surface area contributed by atoms with Gasteiger partial charge in [-0.1, -0.05) is 74.5 Å². The lowest BCUT2D eigenvalue weighted by Crippen LogP contribution is -2.48. The summed E-state index contributed by atoms with van der Waals surface area (Å²) in [7, 11) is 0. The topological polar surface area (TPSA) is 80.1 Å². The van der Waals surface area contributed by atoms with Crippen LogP contribution < -0.4 is 5.73 Å². The molecule has 0 aliphatic carbocycles. The maximum Gasteiger partial charge on any atom is 0.253 e. The van der Waals surface area contributed by atoms with E-state index in [1.54, 1.807) is 6.07 Å². The predicted octanol–water partition coefficient (Wildman–Crippen LogP) is 6.01. The summed E-state index contributed by atoms with van der Waals surface area (Å²) in [6, 6.07) is 23.2. The Hall–Kier alpha value is -3.50. The minimum atomic E-state index is -0.873. The summed E-state index contributed by atoms with van der Waals surface area (Å²) < 4.78 is 6.03. The van der Waals surface area contributed by atoms with Gasteiger partial charge in [0.25, 0.3) is 5.91 Å². The first-order chi connectivity index (χ1) is 18.4. The Bertz CT molecular complexity index is 1220. The highest BCUT2D eigenvalue weighted by molar-refractivity contribution is 5.96. The number of nitrogens with zero attached hydrogens (tertiary/aromatic N) is 2. The van der Waals surface area contributed by atoms with E-state index in [2.05, 4.69) is 18.7 Å². The zero-order valence-electron chi connectivity index (χ0n) is 22.5. The normalized spacial score (nSPS) is 12.5. The number of aliphatic hydroxyl groups excluding tert-OH is 1. The molecule has 38 heavy (non-hydrogen) atoms. The molecule has 0 aliphatic heterocycles. The Morgan fingerprint density at radius 1 is 1.00 bits per heavy atom. The SMILES string of the molecule is [C-]#[N+]c1ccccc1-c1cc(COCC(N)(CO)CCc2ccccc2)cc(C(=O)N(CCC)CCC)c1. The lowest BCUT2D eigenvalue weighted by Gasteiger charge is -2.27. The number of benzene rings is 3. The van der Waals surface area contributed by atoms with Gasteiger partial charge in [-0.2, -0.15) is 0 Å². The third-order valence-electron chi connectivity index (χ3n) is 6.58. The molecule has 6 heteroatoms. The number of ether oxygens (including phenoxy) is 1. The Balaban J connectivity index is 1.83. The van der Waals surface area contributed by atoms with Crippen LogP contribution in [-0.4, -0.2) is 47.8 Å². The molecule has 3 rings (SSSR count). The standard InChI is InChI=1S/C32H39N3O3/c1-4-17-35(18-5-2)31(37)28-20-26(19-27(21-28)29-13-9-10-14-30(29)34-3)22-38-24-32(33,23-36)16-15-25-11-7-6-8-12-25/h6-14,19-21,36H,4-5,15-18,22-24,33H2,1-2H3. The molecular formula is C32H39N3O3. The molecule has 0 saturated carbocycles. The second-order valence-electron chi connectivity index (χ2n) is 9.84. The van der Waals surface area contributed by atoms with Crippen molar-refractivity contribution in [3.8, 4) is 11.1 Å². The molecule has 200 valence electrons. The van der Waals surface area contributed by atoms with Crippen LogP contribution in [0.5, 0.6) is 0 Å². The van der Waals surface area contributed by atoms with E-state index < -0.39 is 5.54 Å². The van der Waals surface area contributed by atoms with Crippen molar-refractivity contribution in [2.24, 2.45) is 5.73 Å². The van der Waals surface area contributed by atoms with Crippen LogP contribution in [0.2, 0.25) is 0 Å². The molecule has 1 amide bonds. The van der Waals surface area contributed by atoms with Crippen LogP contribution in [0, 0.1) is 6.57 Å². The minimum absolute atomic E-state index is 0.0246. The molecule has 0 spiro atoms. The fourth-order valence-corrected chi connectivity index (χ4v) is 4.51. The summed E-state index contributed by atoms with van der Waals surface area (Å²) in [5, 5.41) is 10.0. The molecule has 3 aromatic carbocycles. The van der Waals surface area contributed by atoms with E-state index >= 15 is 0 Å². The van der Waals surface area contributed by atoms with Crippen LogP contribution in [0.3, 0.4) is 0 Å². The van der Waals surface area contributed by atoms with Crippen molar-refractivity contribution >= 4 is 11.6 Å². The van der Waals surface area contributed by atoms with Crippen LogP contribution in [0.1, 0.15) is 54.6 Å². The van der Waals surface area contributed by atoms with Crippen molar-refractivity contribution in [1.82, 2.24) is 4.90 Å². The Kier molecular flexibility index (Phi) is 11.0. The largest absolute Gasteiger partial charge is 0.394 e. The van der Waals surface area contributed by atoms with Crippen molar-refractivity contribution in [1.29, 1.82) is 0 Å². The van der Waals surface area contributed by atoms with Gasteiger partial charge in [0.2, 0.25) is 0 Å². The van der Waals surface area contributed by atoms with Gasteiger partial charge in [0.1, 0.15) is 0 Å². The lowest BCUT2D eigenvalue weighted by molar-refractivity contribution is 0.0420. The molecule has 3 N–H and O–H groups in total.